The maximum absolute atomic E-state index is 9.20. The molecule has 0 saturated carbocycles. The molecule has 0 aliphatic carbocycles. The van der Waals surface area contributed by atoms with Gasteiger partial charge in [-0.3, -0.25) is 4.90 Å². The third-order valence-electron chi connectivity index (χ3n) is 3.30. The van der Waals surface area contributed by atoms with Crippen LogP contribution in [0, 0.1) is 0 Å². The molecular formula is C13H19BrN2O2. The van der Waals surface area contributed by atoms with Gasteiger partial charge in [-0.1, -0.05) is 34.1 Å². The maximum atomic E-state index is 9.20. The molecule has 0 radical (unpaired) electrons. The lowest BCUT2D eigenvalue weighted by Gasteiger charge is -2.37. The summed E-state index contributed by atoms with van der Waals surface area (Å²) in [5, 5.41) is 9.20. The monoisotopic (exact) mass is 314 g/mol. The average molecular weight is 315 g/mol. The number of nitrogens with two attached hydrogens (primary N) is 1. The average Bonchev–Trinajstić information content (AvgIpc) is 2.42. The Kier molecular flexibility index (Phi) is 5.14. The van der Waals surface area contributed by atoms with Gasteiger partial charge in [-0.2, -0.15) is 0 Å². The molecule has 18 heavy (non-hydrogen) atoms. The predicted octanol–water partition coefficient (Wildman–Crippen LogP) is 1.14. The van der Waals surface area contributed by atoms with Gasteiger partial charge in [-0.15, -0.1) is 0 Å². The summed E-state index contributed by atoms with van der Waals surface area (Å²) in [6, 6.07) is 8.30. The summed E-state index contributed by atoms with van der Waals surface area (Å²) in [5.41, 5.74) is 7.12. The number of morpholine rings is 1. The van der Waals surface area contributed by atoms with E-state index in [0.29, 0.717) is 13.2 Å². The third kappa shape index (κ3) is 3.10. The Labute approximate surface area is 116 Å². The highest BCUT2D eigenvalue weighted by atomic mass is 79.9. The molecule has 4 nitrogen and oxygen atoms in total. The number of halogens is 1. The first-order valence-corrected chi connectivity index (χ1v) is 6.96. The van der Waals surface area contributed by atoms with Crippen molar-refractivity contribution in [1.29, 1.82) is 0 Å². The van der Waals surface area contributed by atoms with E-state index in [4.69, 9.17) is 10.5 Å². The summed E-state index contributed by atoms with van der Waals surface area (Å²) in [4.78, 5) is 2.28. The van der Waals surface area contributed by atoms with Gasteiger partial charge in [0.05, 0.1) is 19.3 Å². The van der Waals surface area contributed by atoms with Crippen molar-refractivity contribution >= 4 is 15.9 Å². The zero-order chi connectivity index (χ0) is 13.0. The summed E-state index contributed by atoms with van der Waals surface area (Å²) < 4.78 is 6.55. The molecule has 100 valence electrons. The van der Waals surface area contributed by atoms with Crippen LogP contribution >= 0.6 is 15.9 Å². The van der Waals surface area contributed by atoms with Crippen LogP contribution in [0.25, 0.3) is 0 Å². The van der Waals surface area contributed by atoms with Gasteiger partial charge >= 0.3 is 0 Å². The summed E-state index contributed by atoms with van der Waals surface area (Å²) in [6.07, 6.45) is -0.102. The van der Waals surface area contributed by atoms with Crippen molar-refractivity contribution in [3.05, 3.63) is 34.3 Å². The summed E-state index contributed by atoms with van der Waals surface area (Å²) >= 11 is 3.57. The Bertz CT molecular complexity index is 389. The first kappa shape index (κ1) is 14.0. The Balaban J connectivity index is 2.15. The summed E-state index contributed by atoms with van der Waals surface area (Å²) in [6.45, 7) is 2.83. The molecule has 1 aromatic rings. The molecular weight excluding hydrogens is 296 g/mol. The van der Waals surface area contributed by atoms with Gasteiger partial charge in [0.15, 0.2) is 0 Å². The predicted molar refractivity (Wildman–Crippen MR) is 74.3 cm³/mol. The Morgan fingerprint density at radius 2 is 2.28 bits per heavy atom. The molecule has 0 spiro atoms. The van der Waals surface area contributed by atoms with Gasteiger partial charge in [0, 0.05) is 30.1 Å². The van der Waals surface area contributed by atoms with Gasteiger partial charge in [-0.05, 0) is 11.6 Å². The second kappa shape index (κ2) is 6.63. The van der Waals surface area contributed by atoms with Crippen LogP contribution in [0.2, 0.25) is 0 Å². The number of hydrogen-bond acceptors (Lipinski definition) is 4. The highest BCUT2D eigenvalue weighted by Crippen LogP contribution is 2.28. The Morgan fingerprint density at radius 3 is 2.94 bits per heavy atom. The smallest absolute Gasteiger partial charge is 0.0933 e. The van der Waals surface area contributed by atoms with E-state index >= 15 is 0 Å². The van der Waals surface area contributed by atoms with Crippen LogP contribution in [-0.4, -0.2) is 49.0 Å². The molecule has 1 aliphatic heterocycles. The zero-order valence-corrected chi connectivity index (χ0v) is 11.8. The lowest BCUT2D eigenvalue weighted by molar-refractivity contribution is -0.0643. The molecule has 2 unspecified atom stereocenters. The highest BCUT2D eigenvalue weighted by molar-refractivity contribution is 9.10. The molecule has 2 rings (SSSR count). The van der Waals surface area contributed by atoms with Gasteiger partial charge in [0.2, 0.25) is 0 Å². The Morgan fingerprint density at radius 1 is 1.50 bits per heavy atom. The van der Waals surface area contributed by atoms with Crippen molar-refractivity contribution in [3.63, 3.8) is 0 Å². The van der Waals surface area contributed by atoms with Crippen molar-refractivity contribution in [2.75, 3.05) is 32.8 Å². The van der Waals surface area contributed by atoms with Crippen LogP contribution in [0.5, 0.6) is 0 Å². The highest BCUT2D eigenvalue weighted by Gasteiger charge is 2.27. The number of benzene rings is 1. The largest absolute Gasteiger partial charge is 0.394 e. The van der Waals surface area contributed by atoms with E-state index in [1.54, 1.807) is 0 Å². The third-order valence-corrected chi connectivity index (χ3v) is 4.02. The number of rotatable bonds is 4. The normalized spacial score (nSPS) is 22.9. The van der Waals surface area contributed by atoms with Crippen LogP contribution < -0.4 is 5.73 Å². The number of aliphatic hydroxyl groups excluding tert-OH is 1. The van der Waals surface area contributed by atoms with Crippen LogP contribution in [0.3, 0.4) is 0 Å². The van der Waals surface area contributed by atoms with E-state index in [-0.39, 0.29) is 18.8 Å². The molecule has 1 aliphatic rings. The van der Waals surface area contributed by atoms with E-state index < -0.39 is 0 Å². The first-order valence-electron chi connectivity index (χ1n) is 6.17. The molecule has 2 atom stereocenters. The van der Waals surface area contributed by atoms with Gasteiger partial charge in [-0.25, -0.2) is 0 Å². The summed E-state index contributed by atoms with van der Waals surface area (Å²) in [5.74, 6) is 0. The molecule has 3 N–H and O–H groups in total. The number of hydrogen-bond donors (Lipinski definition) is 2. The number of nitrogens with zero attached hydrogens (tertiary/aromatic N) is 1. The molecule has 1 fully saturated rings. The van der Waals surface area contributed by atoms with Crippen molar-refractivity contribution in [3.8, 4) is 0 Å². The minimum absolute atomic E-state index is 0.0593. The van der Waals surface area contributed by atoms with Crippen molar-refractivity contribution in [2.24, 2.45) is 5.73 Å². The fraction of sp³-hybridized carbons (Fsp3) is 0.538. The second-order valence-corrected chi connectivity index (χ2v) is 5.30. The van der Waals surface area contributed by atoms with E-state index in [1.165, 1.54) is 5.56 Å². The molecule has 1 heterocycles. The quantitative estimate of drug-likeness (QED) is 0.875. The van der Waals surface area contributed by atoms with E-state index in [2.05, 4.69) is 26.9 Å². The zero-order valence-electron chi connectivity index (χ0n) is 10.3. The summed E-state index contributed by atoms with van der Waals surface area (Å²) in [7, 11) is 0. The van der Waals surface area contributed by atoms with Crippen LogP contribution in [0.1, 0.15) is 11.6 Å². The molecule has 0 amide bonds. The van der Waals surface area contributed by atoms with Crippen LogP contribution in [0.15, 0.2) is 28.7 Å². The topological polar surface area (TPSA) is 58.7 Å². The molecule has 1 aromatic carbocycles. The van der Waals surface area contributed by atoms with E-state index in [1.807, 2.05) is 18.2 Å². The van der Waals surface area contributed by atoms with Gasteiger partial charge in [0.1, 0.15) is 0 Å². The molecule has 0 aromatic heterocycles. The SMILES string of the molecule is NCC(c1ccccc1Br)N1CCOC(CO)C1. The standard InChI is InChI=1S/C13H19BrN2O2/c14-12-4-2-1-3-11(12)13(7-15)16-5-6-18-10(8-16)9-17/h1-4,10,13,17H,5-9,15H2. The minimum atomic E-state index is -0.102. The second-order valence-electron chi connectivity index (χ2n) is 4.44. The van der Waals surface area contributed by atoms with Crippen molar-refractivity contribution in [2.45, 2.75) is 12.1 Å². The van der Waals surface area contributed by atoms with Gasteiger partial charge < -0.3 is 15.6 Å². The molecule has 0 bridgehead atoms. The van der Waals surface area contributed by atoms with Crippen molar-refractivity contribution in [1.82, 2.24) is 4.90 Å². The first-order chi connectivity index (χ1) is 8.76. The van der Waals surface area contributed by atoms with Gasteiger partial charge in [0.25, 0.3) is 0 Å². The molecule has 5 heteroatoms. The fourth-order valence-electron chi connectivity index (χ4n) is 2.35. The molecule has 1 saturated heterocycles. The van der Waals surface area contributed by atoms with Crippen LogP contribution in [-0.2, 0) is 4.74 Å². The Hall–Kier alpha value is -0.460. The lowest BCUT2D eigenvalue weighted by Crippen LogP contribution is -2.47. The van der Waals surface area contributed by atoms with E-state index in [9.17, 15) is 5.11 Å². The number of ether oxygens (including phenoxy) is 1. The van der Waals surface area contributed by atoms with Crippen LogP contribution in [0.4, 0.5) is 0 Å². The fourth-order valence-corrected chi connectivity index (χ4v) is 2.90. The maximum Gasteiger partial charge on any atom is 0.0933 e. The van der Waals surface area contributed by atoms with Crippen molar-refractivity contribution < 1.29 is 9.84 Å². The number of aliphatic hydroxyl groups is 1. The minimum Gasteiger partial charge on any atom is -0.394 e. The lowest BCUT2D eigenvalue weighted by atomic mass is 10.0. The van der Waals surface area contributed by atoms with E-state index in [0.717, 1.165) is 17.6 Å².